The van der Waals surface area contributed by atoms with Gasteiger partial charge in [0.2, 0.25) is 0 Å². The number of aryl methyl sites for hydroxylation is 2. The molecule has 1 amide bonds. The fourth-order valence-corrected chi connectivity index (χ4v) is 6.42. The third-order valence-electron chi connectivity index (χ3n) is 8.70. The maximum atomic E-state index is 13.4. The first kappa shape index (κ1) is 33.9. The standard InChI is InChI=1S/C39H46N2O.C3H6/c1-2-26-40(29-25-37(34-18-8-4-9-19-34)35-20-10-5-11-21-35)27-12-17-33-22-23-36-24-30-41(39(42)38(36)31-33)28-13-16-32-14-6-3-7-15-32;1-3-2/h3-11,14-15,18-23,31,37H,2,12-13,16-17,24-30H2,1H3;3H,1H2,2H3. The highest BCUT2D eigenvalue weighted by molar-refractivity contribution is 5.97. The molecule has 0 atom stereocenters. The summed E-state index contributed by atoms with van der Waals surface area (Å²) < 4.78 is 0. The van der Waals surface area contributed by atoms with Crippen LogP contribution in [0.3, 0.4) is 0 Å². The predicted octanol–water partition coefficient (Wildman–Crippen LogP) is 9.38. The third kappa shape index (κ3) is 10.6. The van der Waals surface area contributed by atoms with Crippen molar-refractivity contribution in [2.75, 3.05) is 32.7 Å². The van der Waals surface area contributed by atoms with Gasteiger partial charge in [-0.15, -0.1) is 6.58 Å². The molecule has 0 unspecified atom stereocenters. The van der Waals surface area contributed by atoms with Gasteiger partial charge in [0.25, 0.3) is 5.91 Å². The van der Waals surface area contributed by atoms with Gasteiger partial charge in [-0.2, -0.15) is 0 Å². The Balaban J connectivity index is 0.00000148. The van der Waals surface area contributed by atoms with Gasteiger partial charge in [-0.1, -0.05) is 116 Å². The van der Waals surface area contributed by atoms with Crippen LogP contribution in [0.5, 0.6) is 0 Å². The van der Waals surface area contributed by atoms with Crippen molar-refractivity contribution in [3.05, 3.63) is 155 Å². The number of hydrogen-bond acceptors (Lipinski definition) is 2. The summed E-state index contributed by atoms with van der Waals surface area (Å²) in [7, 11) is 0. The largest absolute Gasteiger partial charge is 0.338 e. The summed E-state index contributed by atoms with van der Waals surface area (Å²) in [5.41, 5.74) is 7.57. The van der Waals surface area contributed by atoms with E-state index in [1.165, 1.54) is 27.8 Å². The second kappa shape index (κ2) is 18.8. The maximum absolute atomic E-state index is 13.4. The number of amides is 1. The van der Waals surface area contributed by atoms with Gasteiger partial charge in [0.1, 0.15) is 0 Å². The van der Waals surface area contributed by atoms with E-state index >= 15 is 0 Å². The van der Waals surface area contributed by atoms with Gasteiger partial charge in [-0.25, -0.2) is 0 Å². The van der Waals surface area contributed by atoms with E-state index in [9.17, 15) is 4.79 Å². The van der Waals surface area contributed by atoms with Crippen molar-refractivity contribution in [1.29, 1.82) is 0 Å². The van der Waals surface area contributed by atoms with Crippen molar-refractivity contribution in [1.82, 2.24) is 9.80 Å². The highest BCUT2D eigenvalue weighted by atomic mass is 16.2. The van der Waals surface area contributed by atoms with Crippen LogP contribution in [-0.4, -0.2) is 48.4 Å². The second-order valence-electron chi connectivity index (χ2n) is 12.1. The molecule has 45 heavy (non-hydrogen) atoms. The Kier molecular flexibility index (Phi) is 14.1. The lowest BCUT2D eigenvalue weighted by molar-refractivity contribution is 0.0737. The molecule has 1 heterocycles. The van der Waals surface area contributed by atoms with Crippen LogP contribution in [0.15, 0.2) is 122 Å². The number of benzene rings is 4. The Morgan fingerprint density at radius 2 is 1.38 bits per heavy atom. The van der Waals surface area contributed by atoms with Crippen LogP contribution in [0.1, 0.15) is 83.6 Å². The van der Waals surface area contributed by atoms with Gasteiger partial charge >= 0.3 is 0 Å². The molecular weight excluding hydrogens is 548 g/mol. The van der Waals surface area contributed by atoms with E-state index in [4.69, 9.17) is 0 Å². The molecule has 3 nitrogen and oxygen atoms in total. The van der Waals surface area contributed by atoms with Crippen LogP contribution in [0.4, 0.5) is 0 Å². The predicted molar refractivity (Wildman–Crippen MR) is 191 cm³/mol. The average molecular weight is 601 g/mol. The molecule has 0 radical (unpaired) electrons. The molecule has 4 aromatic rings. The van der Waals surface area contributed by atoms with E-state index in [0.717, 1.165) is 83.2 Å². The van der Waals surface area contributed by atoms with Gasteiger partial charge in [-0.05, 0) is 105 Å². The quantitative estimate of drug-likeness (QED) is 0.127. The molecule has 0 fully saturated rings. The molecule has 3 heteroatoms. The molecule has 4 aromatic carbocycles. The van der Waals surface area contributed by atoms with Crippen LogP contribution in [0.2, 0.25) is 0 Å². The monoisotopic (exact) mass is 600 g/mol. The number of hydrogen-bond donors (Lipinski definition) is 0. The minimum absolute atomic E-state index is 0.214. The van der Waals surface area contributed by atoms with Crippen LogP contribution < -0.4 is 0 Å². The van der Waals surface area contributed by atoms with Crippen molar-refractivity contribution >= 4 is 5.91 Å². The van der Waals surface area contributed by atoms with Gasteiger partial charge < -0.3 is 9.80 Å². The van der Waals surface area contributed by atoms with E-state index in [2.05, 4.69) is 132 Å². The topological polar surface area (TPSA) is 23.6 Å². The van der Waals surface area contributed by atoms with E-state index in [1.807, 2.05) is 6.92 Å². The van der Waals surface area contributed by atoms with Crippen molar-refractivity contribution in [2.24, 2.45) is 0 Å². The van der Waals surface area contributed by atoms with E-state index in [0.29, 0.717) is 5.92 Å². The molecule has 1 aliphatic rings. The van der Waals surface area contributed by atoms with Crippen molar-refractivity contribution in [2.45, 2.75) is 64.7 Å². The Hall–Kier alpha value is -3.95. The lowest BCUT2D eigenvalue weighted by Gasteiger charge is -2.29. The summed E-state index contributed by atoms with van der Waals surface area (Å²) in [5.74, 6) is 0.626. The summed E-state index contributed by atoms with van der Waals surface area (Å²) in [6, 6.07) is 39.1. The minimum Gasteiger partial charge on any atom is -0.338 e. The molecule has 236 valence electrons. The normalized spacial score (nSPS) is 12.5. The van der Waals surface area contributed by atoms with E-state index in [1.54, 1.807) is 6.08 Å². The smallest absolute Gasteiger partial charge is 0.254 e. The summed E-state index contributed by atoms with van der Waals surface area (Å²) in [6.45, 7) is 12.5. The van der Waals surface area contributed by atoms with E-state index in [-0.39, 0.29) is 5.91 Å². The summed E-state index contributed by atoms with van der Waals surface area (Å²) in [5, 5.41) is 0. The van der Waals surface area contributed by atoms with Crippen molar-refractivity contribution in [3.63, 3.8) is 0 Å². The van der Waals surface area contributed by atoms with Gasteiger partial charge in [-0.3, -0.25) is 4.79 Å². The number of rotatable bonds is 15. The third-order valence-corrected chi connectivity index (χ3v) is 8.70. The SMILES string of the molecule is C=CC.CCCN(CCCc1ccc2c(c1)C(=O)N(CCCc1ccccc1)CC2)CCC(c1ccccc1)c1ccccc1. The Bertz CT molecular complexity index is 1380. The fourth-order valence-electron chi connectivity index (χ4n) is 6.42. The van der Waals surface area contributed by atoms with Crippen molar-refractivity contribution < 1.29 is 4.79 Å². The molecule has 0 aliphatic carbocycles. The Labute approximate surface area is 272 Å². The lowest BCUT2D eigenvalue weighted by Crippen LogP contribution is -2.38. The zero-order valence-electron chi connectivity index (χ0n) is 27.5. The van der Waals surface area contributed by atoms with Crippen molar-refractivity contribution in [3.8, 4) is 0 Å². The molecule has 0 spiro atoms. The number of allylic oxidation sites excluding steroid dienone is 1. The summed E-state index contributed by atoms with van der Waals surface area (Å²) in [4.78, 5) is 18.1. The highest BCUT2D eigenvalue weighted by Gasteiger charge is 2.24. The van der Waals surface area contributed by atoms with Crippen LogP contribution in [-0.2, 0) is 19.3 Å². The maximum Gasteiger partial charge on any atom is 0.254 e. The minimum atomic E-state index is 0.214. The number of carbonyl (C=O) groups excluding carboxylic acids is 1. The highest BCUT2D eigenvalue weighted by Crippen LogP contribution is 2.28. The number of carbonyl (C=O) groups is 1. The first-order chi connectivity index (χ1) is 22.1. The van der Waals surface area contributed by atoms with Gasteiger partial charge in [0.15, 0.2) is 0 Å². The summed E-state index contributed by atoms with van der Waals surface area (Å²) >= 11 is 0. The lowest BCUT2D eigenvalue weighted by atomic mass is 9.88. The van der Waals surface area contributed by atoms with E-state index < -0.39 is 0 Å². The molecule has 0 saturated carbocycles. The average Bonchev–Trinajstić information content (AvgIpc) is 3.08. The number of nitrogens with zero attached hydrogens (tertiary/aromatic N) is 2. The molecular formula is C42H52N2O. The van der Waals surface area contributed by atoms with Crippen LogP contribution in [0.25, 0.3) is 0 Å². The molecule has 1 aliphatic heterocycles. The van der Waals surface area contributed by atoms with Gasteiger partial charge in [0.05, 0.1) is 0 Å². The Morgan fingerprint density at radius 3 is 2.00 bits per heavy atom. The second-order valence-corrected chi connectivity index (χ2v) is 12.1. The van der Waals surface area contributed by atoms with Crippen LogP contribution in [0, 0.1) is 0 Å². The number of fused-ring (bicyclic) bond motifs is 1. The molecule has 0 saturated heterocycles. The zero-order valence-corrected chi connectivity index (χ0v) is 27.5. The fraction of sp³-hybridized carbons (Fsp3) is 0.357. The zero-order chi connectivity index (χ0) is 31.7. The molecule has 0 bridgehead atoms. The molecule has 0 aromatic heterocycles. The molecule has 0 N–H and O–H groups in total. The van der Waals surface area contributed by atoms with Gasteiger partial charge in [0, 0.05) is 24.6 Å². The Morgan fingerprint density at radius 1 is 0.778 bits per heavy atom. The first-order valence-electron chi connectivity index (χ1n) is 17.0. The molecule has 5 rings (SSSR count). The van der Waals surface area contributed by atoms with Crippen LogP contribution >= 0.6 is 0 Å². The first-order valence-corrected chi connectivity index (χ1v) is 17.0. The summed E-state index contributed by atoms with van der Waals surface area (Å²) in [6.07, 6.45) is 9.12.